The normalized spacial score (nSPS) is 20.7. The van der Waals surface area contributed by atoms with Crippen LogP contribution in [0.2, 0.25) is 0 Å². The summed E-state index contributed by atoms with van der Waals surface area (Å²) in [4.78, 5) is 10.9. The molecule has 2 atom stereocenters. The predicted molar refractivity (Wildman–Crippen MR) is 87.0 cm³/mol. The van der Waals surface area contributed by atoms with Crippen molar-refractivity contribution in [2.45, 2.75) is 25.4 Å². The van der Waals surface area contributed by atoms with E-state index in [2.05, 4.69) is 0 Å². The second-order valence-corrected chi connectivity index (χ2v) is 6.22. The number of carbonyl (C=O) groups is 1. The summed E-state index contributed by atoms with van der Waals surface area (Å²) in [6.07, 6.45) is -0.0646. The van der Waals surface area contributed by atoms with Gasteiger partial charge in [0.2, 0.25) is 0 Å². The first-order valence-corrected chi connectivity index (χ1v) is 7.99. The Hall–Kier alpha value is -2.69. The number of ether oxygens (including phenoxy) is 3. The fraction of sp³-hybridized carbons (Fsp3) is 0.316. The van der Waals surface area contributed by atoms with Crippen molar-refractivity contribution < 1.29 is 24.1 Å². The van der Waals surface area contributed by atoms with Gasteiger partial charge in [0.25, 0.3) is 0 Å². The van der Waals surface area contributed by atoms with Crippen LogP contribution < -0.4 is 14.2 Å². The van der Waals surface area contributed by atoms with Crippen LogP contribution in [0, 0.1) is 6.92 Å². The topological polar surface area (TPSA) is 65.0 Å². The number of carboxylic acid groups (broad SMARTS) is 1. The molecule has 1 N–H and O–H groups in total. The predicted octanol–water partition coefficient (Wildman–Crippen LogP) is 3.46. The third kappa shape index (κ3) is 2.56. The van der Waals surface area contributed by atoms with Gasteiger partial charge in [-0.2, -0.15) is 0 Å². The quantitative estimate of drug-likeness (QED) is 0.932. The monoisotopic (exact) mass is 326 g/mol. The molecule has 0 amide bonds. The average Bonchev–Trinajstić information content (AvgIpc) is 3.13. The maximum Gasteiger partial charge on any atom is 0.304 e. The molecule has 2 aliphatic rings. The molecule has 2 aromatic rings. The molecule has 0 aromatic heterocycles. The van der Waals surface area contributed by atoms with Gasteiger partial charge in [0.1, 0.15) is 23.9 Å². The van der Waals surface area contributed by atoms with Crippen molar-refractivity contribution in [2.24, 2.45) is 0 Å². The van der Waals surface area contributed by atoms with Gasteiger partial charge in [-0.15, -0.1) is 0 Å². The lowest BCUT2D eigenvalue weighted by Crippen LogP contribution is -2.09. The number of rotatable bonds is 4. The number of benzene rings is 2. The van der Waals surface area contributed by atoms with Gasteiger partial charge < -0.3 is 19.3 Å². The summed E-state index contributed by atoms with van der Waals surface area (Å²) in [6, 6.07) is 11.7. The number of hydrogen-bond donors (Lipinski definition) is 1. The molecule has 0 fully saturated rings. The molecule has 0 bridgehead atoms. The molecule has 0 radical (unpaired) electrons. The Morgan fingerprint density at radius 2 is 2.08 bits per heavy atom. The van der Waals surface area contributed by atoms with E-state index in [-0.39, 0.29) is 18.4 Å². The number of hydrogen-bond acceptors (Lipinski definition) is 4. The zero-order chi connectivity index (χ0) is 16.7. The summed E-state index contributed by atoms with van der Waals surface area (Å²) in [7, 11) is 0. The van der Waals surface area contributed by atoms with Crippen molar-refractivity contribution in [1.29, 1.82) is 0 Å². The third-order valence-electron chi connectivity index (χ3n) is 4.53. The Balaban J connectivity index is 1.54. The molecule has 2 heterocycles. The summed E-state index contributed by atoms with van der Waals surface area (Å²) in [6.45, 7) is 2.91. The molecule has 2 aliphatic heterocycles. The second-order valence-electron chi connectivity index (χ2n) is 6.22. The van der Waals surface area contributed by atoms with Crippen LogP contribution in [0.15, 0.2) is 36.4 Å². The van der Waals surface area contributed by atoms with Crippen molar-refractivity contribution in [2.75, 3.05) is 13.2 Å². The molecule has 0 spiro atoms. The Kier molecular flexibility index (Phi) is 3.56. The molecule has 0 saturated carbocycles. The number of carboxylic acids is 1. The summed E-state index contributed by atoms with van der Waals surface area (Å²) >= 11 is 0. The van der Waals surface area contributed by atoms with E-state index >= 15 is 0 Å². The zero-order valence-corrected chi connectivity index (χ0v) is 13.3. The lowest BCUT2D eigenvalue weighted by molar-refractivity contribution is -0.137. The van der Waals surface area contributed by atoms with Gasteiger partial charge >= 0.3 is 5.97 Å². The molecular weight excluding hydrogens is 308 g/mol. The molecule has 0 saturated heterocycles. The lowest BCUT2D eigenvalue weighted by atomic mass is 9.98. The van der Waals surface area contributed by atoms with Crippen LogP contribution in [0.3, 0.4) is 0 Å². The van der Waals surface area contributed by atoms with Crippen LogP contribution in [0.25, 0.3) is 0 Å². The number of aliphatic carboxylic acids is 1. The lowest BCUT2D eigenvalue weighted by Gasteiger charge is -2.14. The molecule has 0 aliphatic carbocycles. The Bertz CT molecular complexity index is 798. The van der Waals surface area contributed by atoms with Crippen molar-refractivity contribution in [3.05, 3.63) is 53.1 Å². The highest BCUT2D eigenvalue weighted by atomic mass is 16.5. The van der Waals surface area contributed by atoms with E-state index in [0.29, 0.717) is 24.7 Å². The average molecular weight is 326 g/mol. The molecule has 2 aromatic carbocycles. The fourth-order valence-corrected chi connectivity index (χ4v) is 3.35. The standard InChI is InChI=1S/C19H18O5/c1-11-3-2-4-15-17(10-23-19(11)15)24-13-5-6-14-12(7-18(20)21)9-22-16(14)8-13/h2-6,8,12,17H,7,9-10H2,1H3,(H,20,21). The van der Waals surface area contributed by atoms with Crippen molar-refractivity contribution in [3.63, 3.8) is 0 Å². The van der Waals surface area contributed by atoms with Crippen LogP contribution in [0.5, 0.6) is 17.2 Å². The Morgan fingerprint density at radius 1 is 1.21 bits per heavy atom. The minimum absolute atomic E-state index is 0.0797. The maximum absolute atomic E-state index is 10.9. The van der Waals surface area contributed by atoms with Crippen molar-refractivity contribution >= 4 is 5.97 Å². The molecule has 2 unspecified atom stereocenters. The number of fused-ring (bicyclic) bond motifs is 2. The van der Waals surface area contributed by atoms with E-state index in [1.807, 2.05) is 43.3 Å². The summed E-state index contributed by atoms with van der Waals surface area (Å²) in [5, 5.41) is 8.97. The summed E-state index contributed by atoms with van der Waals surface area (Å²) in [5.74, 6) is 1.41. The van der Waals surface area contributed by atoms with Gasteiger partial charge in [0.15, 0.2) is 6.10 Å². The van der Waals surface area contributed by atoms with E-state index in [1.54, 1.807) is 0 Å². The van der Waals surface area contributed by atoms with Crippen molar-refractivity contribution in [3.8, 4) is 17.2 Å². The van der Waals surface area contributed by atoms with Gasteiger partial charge in [-0.25, -0.2) is 0 Å². The van der Waals surface area contributed by atoms with Crippen LogP contribution in [-0.4, -0.2) is 24.3 Å². The van der Waals surface area contributed by atoms with Crippen LogP contribution in [0.4, 0.5) is 0 Å². The zero-order valence-electron chi connectivity index (χ0n) is 13.3. The first-order valence-electron chi connectivity index (χ1n) is 7.99. The number of aryl methyl sites for hydroxylation is 1. The molecule has 5 nitrogen and oxygen atoms in total. The van der Waals surface area contributed by atoms with Gasteiger partial charge in [0, 0.05) is 23.1 Å². The molecule has 24 heavy (non-hydrogen) atoms. The first kappa shape index (κ1) is 14.9. The molecule has 4 rings (SSSR count). The van der Waals surface area contributed by atoms with E-state index in [1.165, 1.54) is 0 Å². The first-order chi connectivity index (χ1) is 11.6. The molecule has 5 heteroatoms. The minimum Gasteiger partial charge on any atom is -0.492 e. The van der Waals surface area contributed by atoms with Gasteiger partial charge in [-0.05, 0) is 18.6 Å². The number of para-hydroxylation sites is 1. The van der Waals surface area contributed by atoms with E-state index in [9.17, 15) is 4.79 Å². The largest absolute Gasteiger partial charge is 0.492 e. The fourth-order valence-electron chi connectivity index (χ4n) is 3.35. The van der Waals surface area contributed by atoms with Gasteiger partial charge in [0.05, 0.1) is 13.0 Å². The smallest absolute Gasteiger partial charge is 0.304 e. The summed E-state index contributed by atoms with van der Waals surface area (Å²) < 4.78 is 17.5. The highest BCUT2D eigenvalue weighted by molar-refractivity contribution is 5.68. The van der Waals surface area contributed by atoms with E-state index < -0.39 is 5.97 Å². The minimum atomic E-state index is -0.813. The molecule has 124 valence electrons. The Morgan fingerprint density at radius 3 is 2.92 bits per heavy atom. The van der Waals surface area contributed by atoms with E-state index in [4.69, 9.17) is 19.3 Å². The Labute approximate surface area is 139 Å². The third-order valence-corrected chi connectivity index (χ3v) is 4.53. The molecular formula is C19H18O5. The maximum atomic E-state index is 10.9. The van der Waals surface area contributed by atoms with Crippen LogP contribution >= 0.6 is 0 Å². The van der Waals surface area contributed by atoms with E-state index in [0.717, 1.165) is 22.4 Å². The highest BCUT2D eigenvalue weighted by Crippen LogP contribution is 2.41. The highest BCUT2D eigenvalue weighted by Gasteiger charge is 2.29. The van der Waals surface area contributed by atoms with Crippen LogP contribution in [0.1, 0.15) is 35.1 Å². The van der Waals surface area contributed by atoms with Crippen molar-refractivity contribution in [1.82, 2.24) is 0 Å². The van der Waals surface area contributed by atoms with Crippen LogP contribution in [-0.2, 0) is 4.79 Å². The second kappa shape index (κ2) is 5.74. The summed E-state index contributed by atoms with van der Waals surface area (Å²) in [5.41, 5.74) is 3.09. The van der Waals surface area contributed by atoms with Gasteiger partial charge in [-0.3, -0.25) is 4.79 Å². The SMILES string of the molecule is Cc1cccc2c1OCC2Oc1ccc2c(c1)OCC2CC(=O)O. The van der Waals surface area contributed by atoms with Gasteiger partial charge in [-0.1, -0.05) is 24.3 Å².